The highest BCUT2D eigenvalue weighted by Crippen LogP contribution is 2.41. The Labute approximate surface area is 281 Å². The van der Waals surface area contributed by atoms with Gasteiger partial charge >= 0.3 is 12.1 Å². The predicted octanol–water partition coefficient (Wildman–Crippen LogP) is 6.04. The van der Waals surface area contributed by atoms with E-state index in [1.807, 2.05) is 7.05 Å². The first-order valence-electron chi connectivity index (χ1n) is 16.2. The normalized spacial score (nSPS) is 16.8. The fraction of sp³-hybridized carbons (Fsp3) is 0.500. The van der Waals surface area contributed by atoms with Crippen molar-refractivity contribution >= 4 is 28.6 Å². The molecule has 0 atom stereocenters. The molecule has 1 N–H and O–H groups in total. The Balaban J connectivity index is 1.30. The molecule has 1 aromatic carbocycles. The number of alkyl halides is 3. The van der Waals surface area contributed by atoms with Crippen molar-refractivity contribution in [3.05, 3.63) is 48.0 Å². The third kappa shape index (κ3) is 7.62. The molecule has 0 spiro atoms. The van der Waals surface area contributed by atoms with Crippen LogP contribution in [0.4, 0.5) is 29.1 Å². The van der Waals surface area contributed by atoms with Gasteiger partial charge in [0, 0.05) is 44.8 Å². The molecule has 4 heterocycles. The number of hydrogen-bond acceptors (Lipinski definition) is 10. The van der Waals surface area contributed by atoms with Gasteiger partial charge in [0.1, 0.15) is 29.5 Å². The Morgan fingerprint density at radius 1 is 1.06 bits per heavy atom. The van der Waals surface area contributed by atoms with Crippen molar-refractivity contribution < 1.29 is 36.6 Å². The van der Waals surface area contributed by atoms with Gasteiger partial charge in [-0.05, 0) is 49.9 Å². The molecule has 3 aromatic heterocycles. The molecule has 2 fully saturated rings. The molecule has 11 nitrogen and oxygen atoms in total. The average Bonchev–Trinajstić information content (AvgIpc) is 3.74. The minimum atomic E-state index is -4.86. The highest BCUT2D eigenvalue weighted by molar-refractivity contribution is 5.91. The van der Waals surface area contributed by atoms with E-state index >= 15 is 0 Å². The molecule has 4 aromatic rings. The van der Waals surface area contributed by atoms with Crippen LogP contribution < -0.4 is 9.80 Å². The maximum absolute atomic E-state index is 14.2. The van der Waals surface area contributed by atoms with Crippen molar-refractivity contribution in [3.8, 4) is 22.8 Å². The van der Waals surface area contributed by atoms with Crippen LogP contribution in [0.25, 0.3) is 33.9 Å². The number of halogens is 4. The molecule has 0 bridgehead atoms. The lowest BCUT2D eigenvalue weighted by Gasteiger charge is -2.34. The summed E-state index contributed by atoms with van der Waals surface area (Å²) >= 11 is 0. The first kappa shape index (κ1) is 34.5. The summed E-state index contributed by atoms with van der Waals surface area (Å²) in [5.74, 6) is -0.679. The van der Waals surface area contributed by atoms with Gasteiger partial charge in [0.2, 0.25) is 0 Å². The number of pyridine rings is 1. The number of carbonyl (C=O) groups excluding carboxylic acids is 1. The minimum absolute atomic E-state index is 0.0455. The standard InChI is InChI=1S/C34H39F4N7O4/c1-44(19-33(20-47-2)10-4-5-11-33)27-15-25(21-6-7-24(35)23(14-21)34(36,37)38)41-32-30(27)42-31(43-32)26-16-40-28(17-39-26)45-12-8-22(9-13-45)49-18-29(46)48-3/h6-7,14-17,22H,4-5,8-13,18-20H2,1-3H3,(H,41,42,43). The van der Waals surface area contributed by atoms with Crippen molar-refractivity contribution in [3.63, 3.8) is 0 Å². The van der Waals surface area contributed by atoms with Crippen LogP contribution in [0.2, 0.25) is 0 Å². The van der Waals surface area contributed by atoms with Crippen molar-refractivity contribution in [1.29, 1.82) is 0 Å². The fourth-order valence-electron chi connectivity index (χ4n) is 6.91. The molecule has 1 saturated heterocycles. The number of piperidine rings is 1. The van der Waals surface area contributed by atoms with Crippen LogP contribution in [0.5, 0.6) is 0 Å². The first-order chi connectivity index (χ1) is 23.5. The number of aromatic amines is 1. The molecule has 1 saturated carbocycles. The Morgan fingerprint density at radius 3 is 2.47 bits per heavy atom. The molecule has 1 aliphatic heterocycles. The molecular weight excluding hydrogens is 646 g/mol. The number of fused-ring (bicyclic) bond motifs is 1. The Kier molecular flexibility index (Phi) is 10.0. The summed E-state index contributed by atoms with van der Waals surface area (Å²) in [7, 11) is 4.94. The number of H-pyrrole nitrogens is 1. The fourth-order valence-corrected chi connectivity index (χ4v) is 6.91. The summed E-state index contributed by atoms with van der Waals surface area (Å²) in [4.78, 5) is 37.4. The van der Waals surface area contributed by atoms with Crippen molar-refractivity contribution in [1.82, 2.24) is 24.9 Å². The summed E-state index contributed by atoms with van der Waals surface area (Å²) in [6.45, 7) is 2.50. The van der Waals surface area contributed by atoms with Crippen molar-refractivity contribution in [2.75, 3.05) is 63.9 Å². The molecule has 1 aliphatic carbocycles. The third-order valence-electron chi connectivity index (χ3n) is 9.42. The lowest BCUT2D eigenvalue weighted by molar-refractivity contribution is -0.148. The van der Waals surface area contributed by atoms with Gasteiger partial charge in [0.05, 0.1) is 49.2 Å². The van der Waals surface area contributed by atoms with Gasteiger partial charge in [-0.2, -0.15) is 13.2 Å². The zero-order valence-electron chi connectivity index (χ0n) is 27.6. The molecule has 2 aliphatic rings. The van der Waals surface area contributed by atoms with Crippen molar-refractivity contribution in [2.24, 2.45) is 5.41 Å². The van der Waals surface area contributed by atoms with Gasteiger partial charge in [-0.3, -0.25) is 0 Å². The number of nitrogens with zero attached hydrogens (tertiary/aromatic N) is 6. The molecule has 49 heavy (non-hydrogen) atoms. The van der Waals surface area contributed by atoms with Gasteiger partial charge in [-0.25, -0.2) is 29.1 Å². The van der Waals surface area contributed by atoms with Crippen LogP contribution in [0.15, 0.2) is 36.7 Å². The second kappa shape index (κ2) is 14.2. The molecule has 0 unspecified atom stereocenters. The van der Waals surface area contributed by atoms with E-state index in [2.05, 4.69) is 34.5 Å². The topological polar surface area (TPSA) is 119 Å². The molecule has 15 heteroatoms. The number of esters is 1. The van der Waals surface area contributed by atoms with Crippen LogP contribution in [0.1, 0.15) is 44.1 Å². The maximum atomic E-state index is 14.2. The summed E-state index contributed by atoms with van der Waals surface area (Å²) in [5.41, 5.74) is 0.912. The van der Waals surface area contributed by atoms with Gasteiger partial charge < -0.3 is 29.0 Å². The SMILES string of the molecule is COCC1(CN(C)c2cc(-c3ccc(F)c(C(F)(F)F)c3)nc3nc(-c4cnc(N5CCC(OCC(=O)OC)CC5)cn4)[nH]c23)CCCC1. The molecule has 0 amide bonds. The van der Waals surface area contributed by atoms with E-state index in [1.165, 1.54) is 13.2 Å². The zero-order valence-corrected chi connectivity index (χ0v) is 27.6. The number of rotatable bonds is 11. The summed E-state index contributed by atoms with van der Waals surface area (Å²) in [6, 6.07) is 4.59. The number of carbonyl (C=O) groups is 1. The number of nitrogens with one attached hydrogen (secondary N) is 1. The van der Waals surface area contributed by atoms with E-state index in [4.69, 9.17) is 14.5 Å². The van der Waals surface area contributed by atoms with E-state index in [9.17, 15) is 22.4 Å². The van der Waals surface area contributed by atoms with Gasteiger partial charge in [-0.1, -0.05) is 12.8 Å². The summed E-state index contributed by atoms with van der Waals surface area (Å²) < 4.78 is 71.0. The second-order valence-corrected chi connectivity index (χ2v) is 12.8. The number of benzene rings is 1. The number of methoxy groups -OCH3 is 2. The zero-order chi connectivity index (χ0) is 34.8. The van der Waals surface area contributed by atoms with Crippen molar-refractivity contribution in [2.45, 2.75) is 50.8 Å². The minimum Gasteiger partial charge on any atom is -0.467 e. The first-order valence-corrected chi connectivity index (χ1v) is 16.2. The smallest absolute Gasteiger partial charge is 0.419 e. The Hall–Kier alpha value is -4.37. The van der Waals surface area contributed by atoms with Crippen LogP contribution in [0.3, 0.4) is 0 Å². The maximum Gasteiger partial charge on any atom is 0.419 e. The van der Waals surface area contributed by atoms with Gasteiger partial charge in [0.15, 0.2) is 11.5 Å². The average molecular weight is 686 g/mol. The van der Waals surface area contributed by atoms with Crippen LogP contribution in [-0.4, -0.2) is 91.1 Å². The molecule has 6 rings (SSSR count). The number of ether oxygens (including phenoxy) is 3. The summed E-state index contributed by atoms with van der Waals surface area (Å²) in [6.07, 6.45) is 3.97. The van der Waals surface area contributed by atoms with E-state index < -0.39 is 23.5 Å². The largest absolute Gasteiger partial charge is 0.467 e. The van der Waals surface area contributed by atoms with E-state index in [-0.39, 0.29) is 35.0 Å². The quantitative estimate of drug-likeness (QED) is 0.148. The monoisotopic (exact) mass is 685 g/mol. The van der Waals surface area contributed by atoms with Crippen LogP contribution in [0, 0.1) is 11.2 Å². The highest BCUT2D eigenvalue weighted by Gasteiger charge is 2.37. The second-order valence-electron chi connectivity index (χ2n) is 12.8. The predicted molar refractivity (Wildman–Crippen MR) is 175 cm³/mol. The highest BCUT2D eigenvalue weighted by atomic mass is 19.4. The van der Waals surface area contributed by atoms with E-state index in [0.717, 1.165) is 50.7 Å². The van der Waals surface area contributed by atoms with E-state index in [0.29, 0.717) is 54.8 Å². The van der Waals surface area contributed by atoms with Gasteiger partial charge in [0.25, 0.3) is 0 Å². The third-order valence-corrected chi connectivity index (χ3v) is 9.42. The van der Waals surface area contributed by atoms with Crippen LogP contribution in [-0.2, 0) is 25.2 Å². The van der Waals surface area contributed by atoms with E-state index in [1.54, 1.807) is 25.6 Å². The van der Waals surface area contributed by atoms with Crippen LogP contribution >= 0.6 is 0 Å². The summed E-state index contributed by atoms with van der Waals surface area (Å²) in [5, 5.41) is 0. The Bertz CT molecular complexity index is 1770. The molecule has 0 radical (unpaired) electrons. The molecule has 262 valence electrons. The number of imidazole rings is 1. The number of hydrogen-bond donors (Lipinski definition) is 1. The lowest BCUT2D eigenvalue weighted by atomic mass is 9.86. The number of aromatic nitrogens is 5. The Morgan fingerprint density at radius 2 is 1.82 bits per heavy atom. The molecular formula is C34H39F4N7O4. The lowest BCUT2D eigenvalue weighted by Crippen LogP contribution is -2.38. The number of anilines is 2. The van der Waals surface area contributed by atoms with Gasteiger partial charge in [-0.15, -0.1) is 0 Å².